The topological polar surface area (TPSA) is 17.1 Å². The van der Waals surface area contributed by atoms with Crippen LogP contribution in [0.25, 0.3) is 0 Å². The minimum absolute atomic E-state index is 0.0126. The van der Waals surface area contributed by atoms with Crippen molar-refractivity contribution in [2.45, 2.75) is 19.8 Å². The zero-order chi connectivity index (χ0) is 13.8. The number of halogens is 2. The monoisotopic (exact) mass is 276 g/mol. The Morgan fingerprint density at radius 1 is 1.21 bits per heavy atom. The van der Waals surface area contributed by atoms with Gasteiger partial charge in [-0.05, 0) is 37.1 Å². The Balaban J connectivity index is 2.03. The van der Waals surface area contributed by atoms with Gasteiger partial charge in [0.15, 0.2) is 5.78 Å². The normalized spacial score (nSPS) is 10.5. The summed E-state index contributed by atoms with van der Waals surface area (Å²) in [6, 6.07) is 12.1. The maximum Gasteiger partial charge on any atom is 0.163 e. The van der Waals surface area contributed by atoms with Crippen molar-refractivity contribution in [2.24, 2.45) is 0 Å². The molecule has 2 aromatic carbocycles. The first kappa shape index (κ1) is 13.8. The van der Waals surface area contributed by atoms with Gasteiger partial charge in [0.2, 0.25) is 0 Å². The maximum atomic E-state index is 13.0. The van der Waals surface area contributed by atoms with Crippen LogP contribution in [0, 0.1) is 12.7 Å². The summed E-state index contributed by atoms with van der Waals surface area (Å²) < 4.78 is 13.0. The van der Waals surface area contributed by atoms with Crippen LogP contribution in [0.1, 0.15) is 27.9 Å². The fourth-order valence-corrected chi connectivity index (χ4v) is 2.12. The number of Topliss-reactive ketones (excluding diaryl/α,β-unsaturated/α-hetero) is 1. The highest BCUT2D eigenvalue weighted by molar-refractivity contribution is 6.31. The van der Waals surface area contributed by atoms with E-state index in [-0.39, 0.29) is 10.8 Å². The summed E-state index contributed by atoms with van der Waals surface area (Å²) >= 11 is 5.67. The van der Waals surface area contributed by atoms with E-state index in [1.165, 1.54) is 23.8 Å². The molecule has 2 rings (SSSR count). The number of carbonyl (C=O) groups is 1. The van der Waals surface area contributed by atoms with Gasteiger partial charge in [-0.3, -0.25) is 4.79 Å². The molecule has 19 heavy (non-hydrogen) atoms. The van der Waals surface area contributed by atoms with Gasteiger partial charge < -0.3 is 0 Å². The second-order valence-corrected chi connectivity index (χ2v) is 4.95. The van der Waals surface area contributed by atoms with Gasteiger partial charge in [-0.25, -0.2) is 4.39 Å². The largest absolute Gasteiger partial charge is 0.294 e. The van der Waals surface area contributed by atoms with Crippen molar-refractivity contribution < 1.29 is 9.18 Å². The predicted octanol–water partition coefficient (Wildman–Crippen LogP) is 4.60. The summed E-state index contributed by atoms with van der Waals surface area (Å²) in [4.78, 5) is 12.0. The third-order valence-electron chi connectivity index (χ3n) is 2.96. The fraction of sp³-hybridized carbons (Fsp3) is 0.188. The minimum Gasteiger partial charge on any atom is -0.294 e. The van der Waals surface area contributed by atoms with E-state index in [0.29, 0.717) is 18.4 Å². The van der Waals surface area contributed by atoms with E-state index in [4.69, 9.17) is 11.6 Å². The molecule has 0 spiro atoms. The van der Waals surface area contributed by atoms with Gasteiger partial charge in [-0.15, -0.1) is 0 Å². The van der Waals surface area contributed by atoms with Gasteiger partial charge in [0.25, 0.3) is 0 Å². The van der Waals surface area contributed by atoms with E-state index in [1.54, 1.807) is 0 Å². The molecule has 0 aliphatic heterocycles. The Morgan fingerprint density at radius 2 is 2.00 bits per heavy atom. The first-order chi connectivity index (χ1) is 9.06. The third-order valence-corrected chi connectivity index (χ3v) is 3.25. The second kappa shape index (κ2) is 5.98. The molecule has 2 aromatic rings. The lowest BCUT2D eigenvalue weighted by Crippen LogP contribution is -2.01. The van der Waals surface area contributed by atoms with Gasteiger partial charge in [-0.2, -0.15) is 0 Å². The highest BCUT2D eigenvalue weighted by atomic mass is 35.5. The van der Waals surface area contributed by atoms with Crippen molar-refractivity contribution in [2.75, 3.05) is 0 Å². The molecule has 0 amide bonds. The Kier molecular flexibility index (Phi) is 4.33. The van der Waals surface area contributed by atoms with Crippen molar-refractivity contribution in [3.05, 3.63) is 70.0 Å². The van der Waals surface area contributed by atoms with Crippen molar-refractivity contribution >= 4 is 17.4 Å². The van der Waals surface area contributed by atoms with Crippen molar-refractivity contribution in [3.8, 4) is 0 Å². The Hall–Kier alpha value is -1.67. The molecule has 0 saturated heterocycles. The molecule has 0 N–H and O–H groups in total. The minimum atomic E-state index is -0.503. The molecule has 0 unspecified atom stereocenters. The zero-order valence-corrected chi connectivity index (χ0v) is 11.4. The van der Waals surface area contributed by atoms with Crippen LogP contribution in [0.4, 0.5) is 4.39 Å². The molecule has 0 saturated carbocycles. The standard InChI is InChI=1S/C16H14ClFO/c1-11-3-2-4-12(9-11)5-8-16(19)13-6-7-15(18)14(17)10-13/h2-4,6-7,9-10H,5,8H2,1H3. The van der Waals surface area contributed by atoms with Crippen LogP contribution in [-0.4, -0.2) is 5.78 Å². The Morgan fingerprint density at radius 3 is 2.68 bits per heavy atom. The van der Waals surface area contributed by atoms with Crippen LogP contribution < -0.4 is 0 Å². The lowest BCUT2D eigenvalue weighted by Gasteiger charge is -2.04. The molecular formula is C16H14ClFO. The van der Waals surface area contributed by atoms with Crippen LogP contribution in [0.3, 0.4) is 0 Å². The van der Waals surface area contributed by atoms with Gasteiger partial charge >= 0.3 is 0 Å². The maximum absolute atomic E-state index is 13.0. The number of ketones is 1. The fourth-order valence-electron chi connectivity index (χ4n) is 1.94. The van der Waals surface area contributed by atoms with E-state index in [0.717, 1.165) is 5.56 Å². The van der Waals surface area contributed by atoms with Crippen LogP contribution >= 0.6 is 11.6 Å². The van der Waals surface area contributed by atoms with Crippen LogP contribution in [0.2, 0.25) is 5.02 Å². The van der Waals surface area contributed by atoms with Gasteiger partial charge in [0.05, 0.1) is 5.02 Å². The van der Waals surface area contributed by atoms with Gasteiger partial charge in [0, 0.05) is 12.0 Å². The molecule has 0 aromatic heterocycles. The average Bonchev–Trinajstić information content (AvgIpc) is 2.39. The number of rotatable bonds is 4. The number of hydrogen-bond donors (Lipinski definition) is 0. The smallest absolute Gasteiger partial charge is 0.163 e. The molecule has 0 atom stereocenters. The summed E-state index contributed by atoms with van der Waals surface area (Å²) in [5, 5.41) is -0.0126. The quantitative estimate of drug-likeness (QED) is 0.746. The molecule has 0 aliphatic rings. The second-order valence-electron chi connectivity index (χ2n) is 4.54. The first-order valence-electron chi connectivity index (χ1n) is 6.10. The SMILES string of the molecule is Cc1cccc(CCC(=O)c2ccc(F)c(Cl)c2)c1. The summed E-state index contributed by atoms with van der Waals surface area (Å²) in [5.41, 5.74) is 2.76. The summed E-state index contributed by atoms with van der Waals surface area (Å²) in [6.07, 6.45) is 1.07. The molecule has 0 aliphatic carbocycles. The van der Waals surface area contributed by atoms with Gasteiger partial charge in [-0.1, -0.05) is 41.4 Å². The predicted molar refractivity (Wildman–Crippen MR) is 75.2 cm³/mol. The Labute approximate surface area is 117 Å². The zero-order valence-electron chi connectivity index (χ0n) is 10.6. The van der Waals surface area contributed by atoms with Crippen LogP contribution in [-0.2, 0) is 6.42 Å². The molecular weight excluding hydrogens is 263 g/mol. The van der Waals surface area contributed by atoms with Crippen LogP contribution in [0.5, 0.6) is 0 Å². The average molecular weight is 277 g/mol. The molecule has 0 heterocycles. The first-order valence-corrected chi connectivity index (χ1v) is 6.48. The van der Waals surface area contributed by atoms with E-state index < -0.39 is 5.82 Å². The van der Waals surface area contributed by atoms with E-state index in [2.05, 4.69) is 6.07 Å². The lowest BCUT2D eigenvalue weighted by atomic mass is 10.0. The Bertz CT molecular complexity index is 607. The molecule has 0 bridgehead atoms. The van der Waals surface area contributed by atoms with E-state index in [1.807, 2.05) is 25.1 Å². The lowest BCUT2D eigenvalue weighted by molar-refractivity contribution is 0.0983. The highest BCUT2D eigenvalue weighted by Crippen LogP contribution is 2.18. The highest BCUT2D eigenvalue weighted by Gasteiger charge is 2.09. The van der Waals surface area contributed by atoms with Crippen molar-refractivity contribution in [1.29, 1.82) is 0 Å². The van der Waals surface area contributed by atoms with E-state index >= 15 is 0 Å². The molecule has 0 radical (unpaired) electrons. The summed E-state index contributed by atoms with van der Waals surface area (Å²) in [6.45, 7) is 2.02. The molecule has 98 valence electrons. The summed E-state index contributed by atoms with van der Waals surface area (Å²) in [5.74, 6) is -0.527. The number of carbonyl (C=O) groups excluding carboxylic acids is 1. The van der Waals surface area contributed by atoms with Crippen LogP contribution in [0.15, 0.2) is 42.5 Å². The summed E-state index contributed by atoms with van der Waals surface area (Å²) in [7, 11) is 0. The van der Waals surface area contributed by atoms with Crippen molar-refractivity contribution in [1.82, 2.24) is 0 Å². The van der Waals surface area contributed by atoms with E-state index in [9.17, 15) is 9.18 Å². The van der Waals surface area contributed by atoms with Crippen molar-refractivity contribution in [3.63, 3.8) is 0 Å². The van der Waals surface area contributed by atoms with Gasteiger partial charge in [0.1, 0.15) is 5.82 Å². The third kappa shape index (κ3) is 3.65. The molecule has 3 heteroatoms. The molecule has 0 fully saturated rings. The number of benzene rings is 2. The number of aryl methyl sites for hydroxylation is 2. The number of hydrogen-bond acceptors (Lipinski definition) is 1. The molecule has 1 nitrogen and oxygen atoms in total.